The molecule has 0 spiro atoms. The van der Waals surface area contributed by atoms with Crippen molar-refractivity contribution in [3.05, 3.63) is 69.7 Å². The van der Waals surface area contributed by atoms with Gasteiger partial charge in [0.15, 0.2) is 5.58 Å². The first-order chi connectivity index (χ1) is 20.4. The van der Waals surface area contributed by atoms with E-state index in [0.29, 0.717) is 28.6 Å². The Kier molecular flexibility index (Phi) is 7.93. The van der Waals surface area contributed by atoms with Gasteiger partial charge in [-0.2, -0.15) is 0 Å². The minimum Gasteiger partial charge on any atom is -0.434 e. The van der Waals surface area contributed by atoms with Crippen molar-refractivity contribution in [2.75, 3.05) is 31.1 Å². The van der Waals surface area contributed by atoms with Crippen LogP contribution in [0.5, 0.6) is 0 Å². The first-order valence-electron chi connectivity index (χ1n) is 15.3. The van der Waals surface area contributed by atoms with E-state index in [0.717, 1.165) is 96.9 Å². The number of aromatic nitrogens is 1. The van der Waals surface area contributed by atoms with E-state index in [1.54, 1.807) is 0 Å². The van der Waals surface area contributed by atoms with Crippen LogP contribution in [-0.4, -0.2) is 59.4 Å². The zero-order chi connectivity index (χ0) is 28.8. The summed E-state index contributed by atoms with van der Waals surface area (Å²) in [5.41, 5.74) is 7.77. The summed E-state index contributed by atoms with van der Waals surface area (Å²) in [6, 6.07) is 17.6. The van der Waals surface area contributed by atoms with E-state index in [2.05, 4.69) is 58.4 Å². The second-order valence-electron chi connectivity index (χ2n) is 12.3. The quantitative estimate of drug-likeness (QED) is 0.228. The Labute approximate surface area is 257 Å². The number of aliphatic hydroxyl groups excluding tert-OH is 1. The maximum absolute atomic E-state index is 9.61. The van der Waals surface area contributed by atoms with Crippen LogP contribution in [0.3, 0.4) is 0 Å². The van der Waals surface area contributed by atoms with Gasteiger partial charge in [0.05, 0.1) is 21.8 Å². The molecule has 3 aromatic carbocycles. The zero-order valence-electron chi connectivity index (χ0n) is 24.1. The van der Waals surface area contributed by atoms with Gasteiger partial charge in [-0.1, -0.05) is 47.5 Å². The van der Waals surface area contributed by atoms with E-state index in [1.807, 2.05) is 12.1 Å². The Morgan fingerprint density at radius 3 is 2.40 bits per heavy atom. The zero-order valence-corrected chi connectivity index (χ0v) is 25.6. The van der Waals surface area contributed by atoms with Gasteiger partial charge in [-0.3, -0.25) is 4.90 Å². The van der Waals surface area contributed by atoms with Gasteiger partial charge >= 0.3 is 0 Å². The third-order valence-electron chi connectivity index (χ3n) is 9.36. The molecule has 220 valence electrons. The van der Waals surface area contributed by atoms with Gasteiger partial charge < -0.3 is 19.7 Å². The lowest BCUT2D eigenvalue weighted by Crippen LogP contribution is -2.52. The summed E-state index contributed by atoms with van der Waals surface area (Å²) in [6.45, 7) is 7.18. The molecule has 1 aliphatic carbocycles. The normalized spacial score (nSPS) is 21.8. The van der Waals surface area contributed by atoms with Crippen molar-refractivity contribution in [3.63, 3.8) is 0 Å². The molecule has 8 heteroatoms. The number of oxazole rings is 1. The maximum atomic E-state index is 9.61. The number of nitrogens with zero attached hydrogens (tertiary/aromatic N) is 3. The fraction of sp³-hybridized carbons (Fsp3) is 0.441. The number of rotatable bonds is 7. The largest absolute Gasteiger partial charge is 0.434 e. The first kappa shape index (κ1) is 28.2. The summed E-state index contributed by atoms with van der Waals surface area (Å²) in [5.74, 6) is 0.574. The number of piperidine rings is 1. The highest BCUT2D eigenvalue weighted by atomic mass is 35.5. The molecule has 2 saturated heterocycles. The Balaban J connectivity index is 1.13. The average Bonchev–Trinajstić information content (AvgIpc) is 3.64. The SMILES string of the molecule is Cc1c(-c2nc3cc(CN4CCCC4)cc(Cl)c3o2)cccc1-c1cccc(N2CCC(NC3CC(O)C3)CC2)c1Cl. The molecule has 1 aromatic heterocycles. The van der Waals surface area contributed by atoms with Crippen LogP contribution >= 0.6 is 23.2 Å². The minimum atomic E-state index is -0.121. The van der Waals surface area contributed by atoms with Crippen molar-refractivity contribution in [1.82, 2.24) is 15.2 Å². The molecule has 7 rings (SSSR count). The highest BCUT2D eigenvalue weighted by Gasteiger charge is 2.31. The molecular weight excluding hydrogens is 567 g/mol. The number of halogens is 2. The summed E-state index contributed by atoms with van der Waals surface area (Å²) in [7, 11) is 0. The van der Waals surface area contributed by atoms with Crippen molar-refractivity contribution in [1.29, 1.82) is 0 Å². The third kappa shape index (κ3) is 5.56. The van der Waals surface area contributed by atoms with Gasteiger partial charge in [0.1, 0.15) is 5.52 Å². The average molecular weight is 606 g/mol. The van der Waals surface area contributed by atoms with Crippen molar-refractivity contribution in [3.8, 4) is 22.6 Å². The van der Waals surface area contributed by atoms with Crippen LogP contribution in [0.2, 0.25) is 10.0 Å². The summed E-state index contributed by atoms with van der Waals surface area (Å²) in [4.78, 5) is 9.77. The number of hydrogen-bond acceptors (Lipinski definition) is 6. The molecule has 2 N–H and O–H groups in total. The molecule has 0 radical (unpaired) electrons. The van der Waals surface area contributed by atoms with Crippen molar-refractivity contribution in [2.45, 2.75) is 70.2 Å². The number of fused-ring (bicyclic) bond motifs is 1. The predicted molar refractivity (Wildman–Crippen MR) is 172 cm³/mol. The predicted octanol–water partition coefficient (Wildman–Crippen LogP) is 7.45. The maximum Gasteiger partial charge on any atom is 0.227 e. The Morgan fingerprint density at radius 2 is 1.64 bits per heavy atom. The highest BCUT2D eigenvalue weighted by Crippen LogP contribution is 2.41. The molecule has 0 bridgehead atoms. The molecule has 0 atom stereocenters. The molecular formula is C34H38Cl2N4O2. The van der Waals surface area contributed by atoms with E-state index in [-0.39, 0.29) is 6.10 Å². The van der Waals surface area contributed by atoms with Gasteiger partial charge in [0, 0.05) is 42.8 Å². The van der Waals surface area contributed by atoms with Crippen LogP contribution in [0.15, 0.2) is 52.9 Å². The van der Waals surface area contributed by atoms with E-state index >= 15 is 0 Å². The van der Waals surface area contributed by atoms with Gasteiger partial charge in [0.2, 0.25) is 5.89 Å². The lowest BCUT2D eigenvalue weighted by atomic mass is 9.88. The molecule has 3 heterocycles. The smallest absolute Gasteiger partial charge is 0.227 e. The molecule has 0 unspecified atom stereocenters. The number of nitrogens with one attached hydrogen (secondary N) is 1. The Morgan fingerprint density at radius 1 is 0.929 bits per heavy atom. The van der Waals surface area contributed by atoms with Crippen LogP contribution in [0.1, 0.15) is 49.7 Å². The summed E-state index contributed by atoms with van der Waals surface area (Å²) in [5, 5.41) is 14.7. The second-order valence-corrected chi connectivity index (χ2v) is 13.1. The van der Waals surface area contributed by atoms with E-state index in [4.69, 9.17) is 32.6 Å². The second kappa shape index (κ2) is 11.8. The number of hydrogen-bond donors (Lipinski definition) is 2. The number of benzene rings is 3. The first-order valence-corrected chi connectivity index (χ1v) is 16.1. The molecule has 0 amide bonds. The van der Waals surface area contributed by atoms with E-state index in [1.165, 1.54) is 18.4 Å². The van der Waals surface area contributed by atoms with Crippen LogP contribution in [-0.2, 0) is 6.54 Å². The van der Waals surface area contributed by atoms with Crippen LogP contribution in [0.4, 0.5) is 5.69 Å². The topological polar surface area (TPSA) is 64.8 Å². The van der Waals surface area contributed by atoms with Gasteiger partial charge in [0.25, 0.3) is 0 Å². The minimum absolute atomic E-state index is 0.121. The van der Waals surface area contributed by atoms with E-state index in [9.17, 15) is 5.11 Å². The van der Waals surface area contributed by atoms with Crippen LogP contribution in [0.25, 0.3) is 33.7 Å². The fourth-order valence-electron chi connectivity index (χ4n) is 6.93. The molecule has 3 fully saturated rings. The van der Waals surface area contributed by atoms with Gasteiger partial charge in [-0.25, -0.2) is 4.98 Å². The molecule has 42 heavy (non-hydrogen) atoms. The molecule has 1 saturated carbocycles. The Hall–Kier alpha value is -2.61. The van der Waals surface area contributed by atoms with Crippen molar-refractivity contribution < 1.29 is 9.52 Å². The van der Waals surface area contributed by atoms with Crippen molar-refractivity contribution in [2.24, 2.45) is 0 Å². The molecule has 3 aliphatic rings. The van der Waals surface area contributed by atoms with Crippen LogP contribution < -0.4 is 10.2 Å². The summed E-state index contributed by atoms with van der Waals surface area (Å²) in [6.07, 6.45) is 6.30. The number of aliphatic hydroxyl groups is 1. The van der Waals surface area contributed by atoms with Crippen LogP contribution in [0, 0.1) is 6.92 Å². The lowest BCUT2D eigenvalue weighted by Gasteiger charge is -2.40. The fourth-order valence-corrected chi connectivity index (χ4v) is 7.55. The van der Waals surface area contributed by atoms with Gasteiger partial charge in [-0.15, -0.1) is 0 Å². The van der Waals surface area contributed by atoms with E-state index < -0.39 is 0 Å². The molecule has 6 nitrogen and oxygen atoms in total. The lowest BCUT2D eigenvalue weighted by molar-refractivity contribution is 0.0562. The number of likely N-dealkylation sites (tertiary alicyclic amines) is 1. The standard InChI is InChI=1S/C34H38Cl2N4O2/c1-21-26(28-8-5-9-31(32(28)36)40-14-10-23(11-15-40)37-24-18-25(41)19-24)6-4-7-27(21)34-38-30-17-22(16-29(35)33(30)42-34)20-39-12-2-3-13-39/h4-9,16-17,23-25,37,41H,2-3,10-15,18-20H2,1H3. The highest BCUT2D eigenvalue weighted by molar-refractivity contribution is 6.36. The summed E-state index contributed by atoms with van der Waals surface area (Å²) < 4.78 is 6.27. The van der Waals surface area contributed by atoms with Crippen molar-refractivity contribution >= 4 is 40.0 Å². The summed E-state index contributed by atoms with van der Waals surface area (Å²) >= 11 is 13.8. The molecule has 4 aromatic rings. The van der Waals surface area contributed by atoms with Gasteiger partial charge in [-0.05, 0) is 99.5 Å². The Bertz CT molecular complexity index is 1580. The monoisotopic (exact) mass is 604 g/mol. The number of anilines is 1. The third-order valence-corrected chi connectivity index (χ3v) is 10.0. The molecule has 2 aliphatic heterocycles.